The average Bonchev–Trinajstić information content (AvgIpc) is 3.07. The van der Waals surface area contributed by atoms with Gasteiger partial charge in [-0.1, -0.05) is 60.7 Å². The molecular formula is C24H22N2O. The van der Waals surface area contributed by atoms with Crippen molar-refractivity contribution in [1.29, 1.82) is 0 Å². The van der Waals surface area contributed by atoms with Gasteiger partial charge in [0.1, 0.15) is 0 Å². The molecule has 2 N–H and O–H groups in total. The SMILES string of the molecule is Cc1cc2cc(CNC(=O)Cc3ccc(-c4ccccc4)cc3)ccc2[nH]1. The first kappa shape index (κ1) is 17.1. The van der Waals surface area contributed by atoms with E-state index < -0.39 is 0 Å². The van der Waals surface area contributed by atoms with Crippen LogP contribution in [0.3, 0.4) is 0 Å². The molecule has 3 nitrogen and oxygen atoms in total. The van der Waals surface area contributed by atoms with Crippen LogP contribution in [-0.4, -0.2) is 10.9 Å². The third kappa shape index (κ3) is 4.09. The molecule has 0 saturated heterocycles. The minimum absolute atomic E-state index is 0.0350. The van der Waals surface area contributed by atoms with Gasteiger partial charge in [-0.15, -0.1) is 0 Å². The molecule has 134 valence electrons. The molecule has 0 aliphatic heterocycles. The van der Waals surface area contributed by atoms with E-state index in [9.17, 15) is 4.79 Å². The summed E-state index contributed by atoms with van der Waals surface area (Å²) in [5, 5.41) is 4.19. The molecule has 27 heavy (non-hydrogen) atoms. The monoisotopic (exact) mass is 354 g/mol. The maximum absolute atomic E-state index is 12.3. The van der Waals surface area contributed by atoms with Gasteiger partial charge >= 0.3 is 0 Å². The number of fused-ring (bicyclic) bond motifs is 1. The summed E-state index contributed by atoms with van der Waals surface area (Å²) < 4.78 is 0. The van der Waals surface area contributed by atoms with Crippen LogP contribution in [0.1, 0.15) is 16.8 Å². The average molecular weight is 354 g/mol. The van der Waals surface area contributed by atoms with Gasteiger partial charge in [0, 0.05) is 17.8 Å². The Morgan fingerprint density at radius 3 is 2.33 bits per heavy atom. The van der Waals surface area contributed by atoms with Crippen molar-refractivity contribution in [2.45, 2.75) is 19.9 Å². The van der Waals surface area contributed by atoms with Crippen LogP contribution in [0.2, 0.25) is 0 Å². The van der Waals surface area contributed by atoms with Crippen molar-refractivity contribution in [2.24, 2.45) is 0 Å². The van der Waals surface area contributed by atoms with Crippen molar-refractivity contribution in [2.75, 3.05) is 0 Å². The number of aryl methyl sites for hydroxylation is 1. The summed E-state index contributed by atoms with van der Waals surface area (Å²) in [6, 6.07) is 26.8. The lowest BCUT2D eigenvalue weighted by atomic mass is 10.0. The summed E-state index contributed by atoms with van der Waals surface area (Å²) in [6.45, 7) is 2.59. The van der Waals surface area contributed by atoms with Crippen molar-refractivity contribution in [3.05, 3.63) is 95.7 Å². The van der Waals surface area contributed by atoms with Crippen molar-refractivity contribution >= 4 is 16.8 Å². The Morgan fingerprint density at radius 1 is 0.852 bits per heavy atom. The number of aromatic amines is 1. The van der Waals surface area contributed by atoms with E-state index in [2.05, 4.69) is 52.8 Å². The molecule has 0 fully saturated rings. The molecule has 0 spiro atoms. The predicted molar refractivity (Wildman–Crippen MR) is 110 cm³/mol. The van der Waals surface area contributed by atoms with Gasteiger partial charge in [0.2, 0.25) is 5.91 Å². The Kier molecular flexibility index (Phi) is 4.75. The van der Waals surface area contributed by atoms with Crippen LogP contribution in [0.5, 0.6) is 0 Å². The highest BCUT2D eigenvalue weighted by molar-refractivity contribution is 5.82. The van der Waals surface area contributed by atoms with E-state index >= 15 is 0 Å². The Hall–Kier alpha value is -3.33. The third-order valence-electron chi connectivity index (χ3n) is 4.74. The fourth-order valence-corrected chi connectivity index (χ4v) is 3.33. The lowest BCUT2D eigenvalue weighted by Crippen LogP contribution is -2.24. The zero-order valence-corrected chi connectivity index (χ0v) is 15.3. The maximum Gasteiger partial charge on any atom is 0.224 e. The van der Waals surface area contributed by atoms with Gasteiger partial charge in [0.25, 0.3) is 0 Å². The topological polar surface area (TPSA) is 44.9 Å². The van der Waals surface area contributed by atoms with Crippen LogP contribution in [-0.2, 0) is 17.8 Å². The summed E-state index contributed by atoms with van der Waals surface area (Å²) in [7, 11) is 0. The maximum atomic E-state index is 12.3. The van der Waals surface area contributed by atoms with E-state index in [4.69, 9.17) is 0 Å². The molecule has 3 heteroatoms. The van der Waals surface area contributed by atoms with Crippen molar-refractivity contribution in [3.8, 4) is 11.1 Å². The highest BCUT2D eigenvalue weighted by atomic mass is 16.1. The number of H-pyrrole nitrogens is 1. The molecule has 0 bridgehead atoms. The predicted octanol–water partition coefficient (Wildman–Crippen LogP) is 5.00. The Balaban J connectivity index is 1.36. The van der Waals surface area contributed by atoms with Gasteiger partial charge < -0.3 is 10.3 Å². The second-order valence-corrected chi connectivity index (χ2v) is 6.89. The molecule has 1 amide bonds. The largest absolute Gasteiger partial charge is 0.359 e. The molecule has 0 aliphatic rings. The fraction of sp³-hybridized carbons (Fsp3) is 0.125. The van der Waals surface area contributed by atoms with Crippen LogP contribution in [0.25, 0.3) is 22.0 Å². The minimum Gasteiger partial charge on any atom is -0.359 e. The number of hydrogen-bond donors (Lipinski definition) is 2. The molecule has 0 saturated carbocycles. The van der Waals surface area contributed by atoms with E-state index in [1.165, 1.54) is 10.9 Å². The molecular weight excluding hydrogens is 332 g/mol. The number of rotatable bonds is 5. The van der Waals surface area contributed by atoms with Crippen LogP contribution >= 0.6 is 0 Å². The first-order valence-electron chi connectivity index (χ1n) is 9.17. The summed E-state index contributed by atoms with van der Waals surface area (Å²) in [6.07, 6.45) is 0.389. The van der Waals surface area contributed by atoms with Crippen LogP contribution < -0.4 is 5.32 Å². The number of benzene rings is 3. The minimum atomic E-state index is 0.0350. The number of carbonyl (C=O) groups is 1. The Bertz CT molecular complexity index is 1060. The molecule has 1 heterocycles. The van der Waals surface area contributed by atoms with Crippen LogP contribution in [0, 0.1) is 6.92 Å². The molecule has 0 atom stereocenters. The highest BCUT2D eigenvalue weighted by Crippen LogP contribution is 2.19. The van der Waals surface area contributed by atoms with E-state index in [0.29, 0.717) is 13.0 Å². The normalized spacial score (nSPS) is 10.9. The van der Waals surface area contributed by atoms with E-state index in [1.54, 1.807) is 0 Å². The molecule has 4 aromatic rings. The van der Waals surface area contributed by atoms with E-state index in [0.717, 1.165) is 27.9 Å². The standard InChI is InChI=1S/C24H22N2O/c1-17-13-22-14-19(9-12-23(22)26-17)16-25-24(27)15-18-7-10-21(11-8-18)20-5-3-2-4-6-20/h2-14,26H,15-16H2,1H3,(H,25,27). The summed E-state index contributed by atoms with van der Waals surface area (Å²) in [4.78, 5) is 15.6. The van der Waals surface area contributed by atoms with Crippen molar-refractivity contribution < 1.29 is 4.79 Å². The summed E-state index contributed by atoms with van der Waals surface area (Å²) in [5.41, 5.74) is 6.74. The molecule has 3 aromatic carbocycles. The van der Waals surface area contributed by atoms with Gasteiger partial charge in [0.15, 0.2) is 0 Å². The Morgan fingerprint density at radius 2 is 1.56 bits per heavy atom. The van der Waals surface area contributed by atoms with Crippen molar-refractivity contribution in [3.63, 3.8) is 0 Å². The lowest BCUT2D eigenvalue weighted by Gasteiger charge is -2.07. The van der Waals surface area contributed by atoms with Gasteiger partial charge in [-0.05, 0) is 52.8 Å². The van der Waals surface area contributed by atoms with Crippen LogP contribution in [0.4, 0.5) is 0 Å². The number of hydrogen-bond acceptors (Lipinski definition) is 1. The molecule has 0 radical (unpaired) electrons. The number of amides is 1. The first-order chi connectivity index (χ1) is 13.2. The summed E-state index contributed by atoms with van der Waals surface area (Å²) in [5.74, 6) is 0.0350. The second kappa shape index (κ2) is 7.50. The quantitative estimate of drug-likeness (QED) is 0.520. The van der Waals surface area contributed by atoms with Gasteiger partial charge in [0.05, 0.1) is 6.42 Å². The zero-order valence-electron chi connectivity index (χ0n) is 15.3. The smallest absolute Gasteiger partial charge is 0.224 e. The third-order valence-corrected chi connectivity index (χ3v) is 4.74. The van der Waals surface area contributed by atoms with E-state index in [-0.39, 0.29) is 5.91 Å². The fourth-order valence-electron chi connectivity index (χ4n) is 3.33. The number of nitrogens with one attached hydrogen (secondary N) is 2. The Labute approximate surface area is 159 Å². The van der Waals surface area contributed by atoms with Gasteiger partial charge in [-0.25, -0.2) is 0 Å². The molecule has 0 aliphatic carbocycles. The van der Waals surface area contributed by atoms with E-state index in [1.807, 2.05) is 43.3 Å². The van der Waals surface area contributed by atoms with Gasteiger partial charge in [-0.3, -0.25) is 4.79 Å². The first-order valence-corrected chi connectivity index (χ1v) is 9.17. The van der Waals surface area contributed by atoms with Crippen molar-refractivity contribution in [1.82, 2.24) is 10.3 Å². The lowest BCUT2D eigenvalue weighted by molar-refractivity contribution is -0.120. The van der Waals surface area contributed by atoms with Crippen LogP contribution in [0.15, 0.2) is 78.9 Å². The molecule has 1 aromatic heterocycles. The number of aromatic nitrogens is 1. The van der Waals surface area contributed by atoms with Gasteiger partial charge in [-0.2, -0.15) is 0 Å². The second-order valence-electron chi connectivity index (χ2n) is 6.89. The molecule has 4 rings (SSSR count). The summed E-state index contributed by atoms with van der Waals surface area (Å²) >= 11 is 0. The molecule has 0 unspecified atom stereocenters. The zero-order chi connectivity index (χ0) is 18.6. The number of carbonyl (C=O) groups excluding carboxylic acids is 1. The highest BCUT2D eigenvalue weighted by Gasteiger charge is 2.05.